The van der Waals surface area contributed by atoms with Crippen molar-refractivity contribution in [3.05, 3.63) is 0 Å². The highest BCUT2D eigenvalue weighted by molar-refractivity contribution is 8.00. The van der Waals surface area contributed by atoms with E-state index in [1.807, 2.05) is 16.7 Å². The van der Waals surface area contributed by atoms with Gasteiger partial charge in [-0.1, -0.05) is 0 Å². The van der Waals surface area contributed by atoms with Gasteiger partial charge in [0.1, 0.15) is 12.2 Å². The molecule has 6 nitrogen and oxygen atoms in total. The summed E-state index contributed by atoms with van der Waals surface area (Å²) in [4.78, 5) is 25.7. The highest BCUT2D eigenvalue weighted by Crippen LogP contribution is 2.32. The summed E-state index contributed by atoms with van der Waals surface area (Å²) in [6.45, 7) is 2.18. The third-order valence-electron chi connectivity index (χ3n) is 4.23. The van der Waals surface area contributed by atoms with E-state index in [2.05, 4.69) is 0 Å². The Balaban J connectivity index is 1.65. The number of hydrogen-bond acceptors (Lipinski definition) is 5. The lowest BCUT2D eigenvalue weighted by molar-refractivity contribution is -0.149. The van der Waals surface area contributed by atoms with E-state index in [1.165, 1.54) is 0 Å². The molecule has 112 valence electrons. The number of amides is 2. The summed E-state index contributed by atoms with van der Waals surface area (Å²) >= 11 is 1.88. The second kappa shape index (κ2) is 5.91. The molecule has 0 aliphatic carbocycles. The van der Waals surface area contributed by atoms with Gasteiger partial charge in [0, 0.05) is 30.2 Å². The van der Waals surface area contributed by atoms with Gasteiger partial charge in [-0.25, -0.2) is 0 Å². The van der Waals surface area contributed by atoms with Crippen molar-refractivity contribution in [2.45, 2.75) is 42.8 Å². The van der Waals surface area contributed by atoms with Crippen LogP contribution >= 0.6 is 11.8 Å². The number of ether oxygens (including phenoxy) is 2. The minimum atomic E-state index is -0.603. The molecule has 3 heterocycles. The monoisotopic (exact) mass is 300 g/mol. The van der Waals surface area contributed by atoms with E-state index in [1.54, 1.807) is 0 Å². The fourth-order valence-corrected chi connectivity index (χ4v) is 4.47. The first-order valence-corrected chi connectivity index (χ1v) is 8.16. The first-order valence-electron chi connectivity index (χ1n) is 7.11. The third kappa shape index (κ3) is 2.66. The van der Waals surface area contributed by atoms with Crippen LogP contribution in [0.3, 0.4) is 0 Å². The lowest BCUT2D eigenvalue weighted by Gasteiger charge is -2.44. The molecular formula is C13H20N2O4S. The second-order valence-corrected chi connectivity index (χ2v) is 6.81. The van der Waals surface area contributed by atoms with Gasteiger partial charge in [0.15, 0.2) is 0 Å². The number of nitrogens with two attached hydrogens (primary N) is 1. The molecule has 0 saturated carbocycles. The Morgan fingerprint density at radius 2 is 2.00 bits per heavy atom. The van der Waals surface area contributed by atoms with Gasteiger partial charge in [-0.3, -0.25) is 9.59 Å². The summed E-state index contributed by atoms with van der Waals surface area (Å²) in [6, 6.07) is 0.242. The Kier molecular flexibility index (Phi) is 4.18. The number of thioether (sulfide) groups is 1. The summed E-state index contributed by atoms with van der Waals surface area (Å²) in [5, 5.41) is 0.370. The predicted molar refractivity (Wildman–Crippen MR) is 74.3 cm³/mol. The Morgan fingerprint density at radius 3 is 2.75 bits per heavy atom. The summed E-state index contributed by atoms with van der Waals surface area (Å²) in [5.41, 5.74) is 5.24. The van der Waals surface area contributed by atoms with Crippen LogP contribution in [-0.4, -0.2) is 65.7 Å². The van der Waals surface area contributed by atoms with Crippen LogP contribution < -0.4 is 5.73 Å². The lowest BCUT2D eigenvalue weighted by atomic mass is 10.0. The topological polar surface area (TPSA) is 81.9 Å². The fourth-order valence-electron chi connectivity index (χ4n) is 3.17. The molecule has 3 aliphatic heterocycles. The normalized spacial score (nSPS) is 37.5. The molecule has 0 aromatic carbocycles. The molecule has 0 radical (unpaired) electrons. The van der Waals surface area contributed by atoms with Crippen LogP contribution in [0.25, 0.3) is 0 Å². The SMILES string of the molecule is NC(=O)[C@@H]1CC[C@H](C(=O)N2CCSC3COCCC32)O1. The summed E-state index contributed by atoms with van der Waals surface area (Å²) in [6.07, 6.45) is 0.915. The summed E-state index contributed by atoms with van der Waals surface area (Å²) < 4.78 is 11.0. The van der Waals surface area contributed by atoms with E-state index in [0.717, 1.165) is 18.7 Å². The molecule has 7 heteroatoms. The molecule has 0 bridgehead atoms. The smallest absolute Gasteiger partial charge is 0.252 e. The maximum absolute atomic E-state index is 12.6. The van der Waals surface area contributed by atoms with E-state index >= 15 is 0 Å². The zero-order chi connectivity index (χ0) is 14.1. The van der Waals surface area contributed by atoms with Crippen molar-refractivity contribution in [2.75, 3.05) is 25.5 Å². The Labute approximate surface area is 122 Å². The summed E-state index contributed by atoms with van der Waals surface area (Å²) in [7, 11) is 0. The van der Waals surface area contributed by atoms with Gasteiger partial charge < -0.3 is 20.1 Å². The largest absolute Gasteiger partial charge is 0.380 e. The van der Waals surface area contributed by atoms with Crippen molar-refractivity contribution in [3.8, 4) is 0 Å². The molecule has 20 heavy (non-hydrogen) atoms. The number of carbonyl (C=O) groups excluding carboxylic acids is 2. The van der Waals surface area contributed by atoms with E-state index in [-0.39, 0.29) is 11.9 Å². The van der Waals surface area contributed by atoms with Crippen LogP contribution in [0, 0.1) is 0 Å². The maximum Gasteiger partial charge on any atom is 0.252 e. The van der Waals surface area contributed by atoms with Gasteiger partial charge in [-0.15, -0.1) is 0 Å². The van der Waals surface area contributed by atoms with E-state index < -0.39 is 18.1 Å². The fraction of sp³-hybridized carbons (Fsp3) is 0.846. The zero-order valence-electron chi connectivity index (χ0n) is 11.3. The van der Waals surface area contributed by atoms with Gasteiger partial charge in [0.25, 0.3) is 5.91 Å². The molecule has 4 atom stereocenters. The van der Waals surface area contributed by atoms with Crippen molar-refractivity contribution < 1.29 is 19.1 Å². The van der Waals surface area contributed by atoms with Gasteiger partial charge >= 0.3 is 0 Å². The van der Waals surface area contributed by atoms with Gasteiger partial charge in [-0.2, -0.15) is 11.8 Å². The number of carbonyl (C=O) groups is 2. The first-order chi connectivity index (χ1) is 9.66. The zero-order valence-corrected chi connectivity index (χ0v) is 12.1. The average molecular weight is 300 g/mol. The van der Waals surface area contributed by atoms with Crippen LogP contribution in [0.4, 0.5) is 0 Å². The molecule has 3 fully saturated rings. The third-order valence-corrected chi connectivity index (χ3v) is 5.53. The molecule has 0 aromatic heterocycles. The van der Waals surface area contributed by atoms with Crippen LogP contribution in [0.5, 0.6) is 0 Å². The van der Waals surface area contributed by atoms with Crippen molar-refractivity contribution in [2.24, 2.45) is 5.73 Å². The Bertz CT molecular complexity index is 404. The Morgan fingerprint density at radius 1 is 1.20 bits per heavy atom. The molecule has 0 spiro atoms. The van der Waals surface area contributed by atoms with Crippen molar-refractivity contribution in [1.82, 2.24) is 4.90 Å². The quantitative estimate of drug-likeness (QED) is 0.760. The predicted octanol–water partition coefficient (Wildman–Crippen LogP) is -0.248. The number of primary amides is 1. The van der Waals surface area contributed by atoms with Crippen LogP contribution in [0.1, 0.15) is 19.3 Å². The first kappa shape index (κ1) is 14.2. The van der Waals surface area contributed by atoms with Crippen LogP contribution in [-0.2, 0) is 19.1 Å². The average Bonchev–Trinajstić information content (AvgIpc) is 2.96. The molecule has 3 saturated heterocycles. The second-order valence-electron chi connectivity index (χ2n) is 5.46. The molecule has 2 N–H and O–H groups in total. The number of nitrogens with zero attached hydrogens (tertiary/aromatic N) is 1. The number of rotatable bonds is 2. The van der Waals surface area contributed by atoms with E-state index in [9.17, 15) is 9.59 Å². The van der Waals surface area contributed by atoms with Crippen molar-refractivity contribution >= 4 is 23.6 Å². The minimum Gasteiger partial charge on any atom is -0.380 e. The van der Waals surface area contributed by atoms with Crippen molar-refractivity contribution in [1.29, 1.82) is 0 Å². The van der Waals surface area contributed by atoms with E-state index in [0.29, 0.717) is 31.3 Å². The minimum absolute atomic E-state index is 0.0194. The number of fused-ring (bicyclic) bond motifs is 1. The highest BCUT2D eigenvalue weighted by atomic mass is 32.2. The summed E-state index contributed by atoms with van der Waals surface area (Å²) in [5.74, 6) is 0.479. The molecule has 2 unspecified atom stereocenters. The lowest BCUT2D eigenvalue weighted by Crippen LogP contribution is -2.56. The molecule has 3 rings (SSSR count). The molecule has 0 aromatic rings. The number of hydrogen-bond donors (Lipinski definition) is 1. The van der Waals surface area contributed by atoms with Gasteiger partial charge in [0.2, 0.25) is 5.91 Å². The molecular weight excluding hydrogens is 280 g/mol. The molecule has 2 amide bonds. The van der Waals surface area contributed by atoms with Crippen LogP contribution in [0.2, 0.25) is 0 Å². The Hall–Kier alpha value is -0.790. The van der Waals surface area contributed by atoms with Gasteiger partial charge in [-0.05, 0) is 19.3 Å². The molecule has 3 aliphatic rings. The highest BCUT2D eigenvalue weighted by Gasteiger charge is 2.42. The van der Waals surface area contributed by atoms with Crippen molar-refractivity contribution in [3.63, 3.8) is 0 Å². The van der Waals surface area contributed by atoms with Gasteiger partial charge in [0.05, 0.1) is 6.61 Å². The standard InChI is InChI=1S/C13H20N2O4S/c14-12(16)9-1-2-10(19-9)13(17)15-4-6-20-11-7-18-5-3-8(11)15/h8-11H,1-7H2,(H2,14,16)/t8?,9-,10+,11?/m0/s1. The van der Waals surface area contributed by atoms with Crippen LogP contribution in [0.15, 0.2) is 0 Å². The van der Waals surface area contributed by atoms with E-state index in [4.69, 9.17) is 15.2 Å². The maximum atomic E-state index is 12.6.